The lowest BCUT2D eigenvalue weighted by Gasteiger charge is -2.01. The van der Waals surface area contributed by atoms with E-state index in [9.17, 15) is 9.59 Å². The molecule has 0 atom stereocenters. The molecule has 0 unspecified atom stereocenters. The van der Waals surface area contributed by atoms with Crippen molar-refractivity contribution in [2.24, 2.45) is 0 Å². The first kappa shape index (κ1) is 12.4. The summed E-state index contributed by atoms with van der Waals surface area (Å²) in [4.78, 5) is 27.3. The minimum absolute atomic E-state index is 0.0992. The third-order valence-corrected chi connectivity index (χ3v) is 3.61. The van der Waals surface area contributed by atoms with Crippen molar-refractivity contribution in [3.63, 3.8) is 0 Å². The average Bonchev–Trinajstić information content (AvgIpc) is 3.03. The number of thiophene rings is 1. The highest BCUT2D eigenvalue weighted by molar-refractivity contribution is 7.12. The van der Waals surface area contributed by atoms with Crippen LogP contribution in [0.25, 0.3) is 5.65 Å². The number of anilines is 1. The van der Waals surface area contributed by atoms with E-state index in [0.717, 1.165) is 11.3 Å². The first-order valence-corrected chi connectivity index (χ1v) is 6.59. The molecule has 0 aliphatic carbocycles. The van der Waals surface area contributed by atoms with Crippen molar-refractivity contribution < 1.29 is 14.7 Å². The first-order chi connectivity index (χ1) is 9.65. The standard InChI is InChI=1S/C13H9N3O3S/c17-12(15-8-4-6-20-11(8)13(18)19)9-7-16-5-2-1-3-10(16)14-9/h1-7H,(H,15,17)(H,18,19). The van der Waals surface area contributed by atoms with Gasteiger partial charge in [0.05, 0.1) is 5.69 Å². The van der Waals surface area contributed by atoms with Gasteiger partial charge in [0.1, 0.15) is 16.2 Å². The molecule has 0 radical (unpaired) electrons. The molecule has 6 nitrogen and oxygen atoms in total. The van der Waals surface area contributed by atoms with Crippen LogP contribution in [-0.4, -0.2) is 26.4 Å². The van der Waals surface area contributed by atoms with Gasteiger partial charge in [-0.05, 0) is 23.6 Å². The van der Waals surface area contributed by atoms with Crippen LogP contribution in [0.1, 0.15) is 20.2 Å². The number of carbonyl (C=O) groups excluding carboxylic acids is 1. The number of pyridine rings is 1. The number of amides is 1. The number of aromatic carboxylic acids is 1. The Morgan fingerprint density at radius 2 is 2.15 bits per heavy atom. The van der Waals surface area contributed by atoms with Gasteiger partial charge < -0.3 is 14.8 Å². The largest absolute Gasteiger partial charge is 0.477 e. The number of aromatic nitrogens is 2. The van der Waals surface area contributed by atoms with E-state index in [1.54, 1.807) is 34.3 Å². The molecule has 20 heavy (non-hydrogen) atoms. The van der Waals surface area contributed by atoms with Crippen LogP contribution in [0.3, 0.4) is 0 Å². The summed E-state index contributed by atoms with van der Waals surface area (Å²) in [7, 11) is 0. The molecule has 3 aromatic heterocycles. The second-order valence-electron chi connectivity index (χ2n) is 4.01. The highest BCUT2D eigenvalue weighted by Crippen LogP contribution is 2.22. The van der Waals surface area contributed by atoms with Crippen LogP contribution in [0.4, 0.5) is 5.69 Å². The second-order valence-corrected chi connectivity index (χ2v) is 4.93. The number of hydrogen-bond acceptors (Lipinski definition) is 4. The molecule has 0 bridgehead atoms. The Morgan fingerprint density at radius 3 is 2.90 bits per heavy atom. The maximum Gasteiger partial charge on any atom is 0.348 e. The van der Waals surface area contributed by atoms with Gasteiger partial charge in [-0.25, -0.2) is 9.78 Å². The highest BCUT2D eigenvalue weighted by Gasteiger charge is 2.16. The van der Waals surface area contributed by atoms with Gasteiger partial charge in [0.15, 0.2) is 0 Å². The summed E-state index contributed by atoms with van der Waals surface area (Å²) in [6, 6.07) is 7.00. The lowest BCUT2D eigenvalue weighted by Crippen LogP contribution is -2.13. The van der Waals surface area contributed by atoms with Gasteiger partial charge in [0, 0.05) is 12.4 Å². The number of nitrogens with zero attached hydrogens (tertiary/aromatic N) is 2. The fourth-order valence-electron chi connectivity index (χ4n) is 1.80. The van der Waals surface area contributed by atoms with Crippen LogP contribution in [0.5, 0.6) is 0 Å². The Kier molecular flexibility index (Phi) is 2.96. The predicted octanol–water partition coefficient (Wildman–Crippen LogP) is 2.35. The van der Waals surface area contributed by atoms with Crippen molar-refractivity contribution in [2.75, 3.05) is 5.32 Å². The Labute approximate surface area is 117 Å². The maximum atomic E-state index is 12.1. The molecular weight excluding hydrogens is 278 g/mol. The molecular formula is C13H9N3O3S. The first-order valence-electron chi connectivity index (χ1n) is 5.71. The SMILES string of the molecule is O=C(Nc1ccsc1C(=O)O)c1cn2ccccc2n1. The van der Waals surface area contributed by atoms with Crippen LogP contribution in [-0.2, 0) is 0 Å². The van der Waals surface area contributed by atoms with E-state index in [4.69, 9.17) is 5.11 Å². The zero-order valence-corrected chi connectivity index (χ0v) is 10.9. The summed E-state index contributed by atoms with van der Waals surface area (Å²) in [5, 5.41) is 13.2. The highest BCUT2D eigenvalue weighted by atomic mass is 32.1. The lowest BCUT2D eigenvalue weighted by atomic mass is 10.3. The Bertz CT molecular complexity index is 773. The number of carboxylic acids is 1. The molecule has 3 heterocycles. The summed E-state index contributed by atoms with van der Waals surface area (Å²) in [5.74, 6) is -1.50. The number of nitrogens with one attached hydrogen (secondary N) is 1. The zero-order valence-electron chi connectivity index (χ0n) is 10.1. The number of imidazole rings is 1. The fourth-order valence-corrected chi connectivity index (χ4v) is 2.49. The van der Waals surface area contributed by atoms with E-state index in [1.165, 1.54) is 0 Å². The van der Waals surface area contributed by atoms with Crippen LogP contribution in [0.2, 0.25) is 0 Å². The Morgan fingerprint density at radius 1 is 1.30 bits per heavy atom. The molecule has 7 heteroatoms. The molecule has 1 amide bonds. The molecule has 0 aromatic carbocycles. The third kappa shape index (κ3) is 2.14. The lowest BCUT2D eigenvalue weighted by molar-refractivity contribution is 0.0703. The van der Waals surface area contributed by atoms with Gasteiger partial charge in [0.25, 0.3) is 5.91 Å². The van der Waals surface area contributed by atoms with Crippen LogP contribution in [0.15, 0.2) is 42.0 Å². The number of fused-ring (bicyclic) bond motifs is 1. The van der Waals surface area contributed by atoms with E-state index in [-0.39, 0.29) is 16.3 Å². The van der Waals surface area contributed by atoms with Gasteiger partial charge in [-0.3, -0.25) is 4.79 Å². The summed E-state index contributed by atoms with van der Waals surface area (Å²) >= 11 is 1.06. The molecule has 2 N–H and O–H groups in total. The van der Waals surface area contributed by atoms with Crippen LogP contribution in [0, 0.1) is 0 Å². The molecule has 0 aliphatic rings. The predicted molar refractivity (Wildman–Crippen MR) is 74.4 cm³/mol. The van der Waals surface area contributed by atoms with E-state index in [2.05, 4.69) is 10.3 Å². The summed E-state index contributed by atoms with van der Waals surface area (Å²) in [5.41, 5.74) is 1.17. The normalized spacial score (nSPS) is 10.6. The molecule has 0 spiro atoms. The van der Waals surface area contributed by atoms with Crippen LogP contribution < -0.4 is 5.32 Å². The maximum absolute atomic E-state index is 12.1. The Hall–Kier alpha value is -2.67. The summed E-state index contributed by atoms with van der Waals surface area (Å²) < 4.78 is 1.72. The van der Waals surface area contributed by atoms with Crippen molar-refractivity contribution in [2.45, 2.75) is 0 Å². The second kappa shape index (κ2) is 4.78. The van der Waals surface area contributed by atoms with E-state index in [0.29, 0.717) is 5.65 Å². The van der Waals surface area contributed by atoms with Crippen LogP contribution >= 0.6 is 11.3 Å². The van der Waals surface area contributed by atoms with Crippen molar-refractivity contribution in [1.82, 2.24) is 9.38 Å². The molecule has 0 aliphatic heterocycles. The average molecular weight is 287 g/mol. The molecule has 0 saturated heterocycles. The molecule has 0 fully saturated rings. The van der Waals surface area contributed by atoms with Crippen molar-refractivity contribution >= 4 is 34.5 Å². The van der Waals surface area contributed by atoms with Crippen molar-refractivity contribution in [3.05, 3.63) is 52.6 Å². The topological polar surface area (TPSA) is 83.7 Å². The van der Waals surface area contributed by atoms with Gasteiger partial charge in [-0.1, -0.05) is 6.07 Å². The minimum Gasteiger partial charge on any atom is -0.477 e. The molecule has 3 aromatic rings. The van der Waals surface area contributed by atoms with Crippen molar-refractivity contribution in [1.29, 1.82) is 0 Å². The van der Waals surface area contributed by atoms with Gasteiger partial charge in [0.2, 0.25) is 0 Å². The van der Waals surface area contributed by atoms with E-state index in [1.807, 2.05) is 12.1 Å². The van der Waals surface area contributed by atoms with Gasteiger partial charge in [-0.2, -0.15) is 0 Å². The third-order valence-electron chi connectivity index (χ3n) is 2.70. The molecule has 3 rings (SSSR count). The number of rotatable bonds is 3. The fraction of sp³-hybridized carbons (Fsp3) is 0. The van der Waals surface area contributed by atoms with Gasteiger partial charge in [-0.15, -0.1) is 11.3 Å². The molecule has 100 valence electrons. The van der Waals surface area contributed by atoms with E-state index >= 15 is 0 Å². The van der Waals surface area contributed by atoms with E-state index < -0.39 is 11.9 Å². The van der Waals surface area contributed by atoms with Crippen molar-refractivity contribution in [3.8, 4) is 0 Å². The minimum atomic E-state index is -1.06. The van der Waals surface area contributed by atoms with Gasteiger partial charge >= 0.3 is 5.97 Å². The molecule has 0 saturated carbocycles. The monoisotopic (exact) mass is 287 g/mol. The number of carbonyl (C=O) groups is 2. The number of carboxylic acid groups (broad SMARTS) is 1. The Balaban J connectivity index is 1.89. The zero-order chi connectivity index (χ0) is 14.1. The smallest absolute Gasteiger partial charge is 0.348 e. The number of hydrogen-bond donors (Lipinski definition) is 2. The summed E-state index contributed by atoms with van der Waals surface area (Å²) in [6.07, 6.45) is 3.38. The quantitative estimate of drug-likeness (QED) is 0.774. The summed E-state index contributed by atoms with van der Waals surface area (Å²) in [6.45, 7) is 0.